The van der Waals surface area contributed by atoms with E-state index in [9.17, 15) is 4.39 Å². The fourth-order valence-corrected chi connectivity index (χ4v) is 3.07. The van der Waals surface area contributed by atoms with E-state index in [0.717, 1.165) is 38.5 Å². The molecule has 0 bridgehead atoms. The van der Waals surface area contributed by atoms with E-state index in [-0.39, 0.29) is 12.0 Å². The average Bonchev–Trinajstić information content (AvgIpc) is 2.71. The van der Waals surface area contributed by atoms with Crippen molar-refractivity contribution in [3.8, 4) is 17.6 Å². The van der Waals surface area contributed by atoms with Gasteiger partial charge in [-0.05, 0) is 43.3 Å². The number of benzene rings is 2. The Bertz CT molecular complexity index is 768. The van der Waals surface area contributed by atoms with Crippen LogP contribution in [0.1, 0.15) is 12.5 Å². The van der Waals surface area contributed by atoms with E-state index in [4.69, 9.17) is 14.7 Å². The number of ether oxygens (including phenoxy) is 2. The van der Waals surface area contributed by atoms with Crippen molar-refractivity contribution < 1.29 is 13.9 Å². The first-order valence-corrected chi connectivity index (χ1v) is 9.16. The van der Waals surface area contributed by atoms with Crippen LogP contribution in [-0.2, 0) is 0 Å². The van der Waals surface area contributed by atoms with E-state index in [1.807, 2.05) is 19.1 Å². The number of nitrogens with zero attached hydrogens (tertiary/aromatic N) is 3. The van der Waals surface area contributed by atoms with E-state index in [0.29, 0.717) is 17.9 Å². The molecule has 5 nitrogen and oxygen atoms in total. The first-order valence-electron chi connectivity index (χ1n) is 9.16. The summed E-state index contributed by atoms with van der Waals surface area (Å²) in [7, 11) is 0. The molecule has 1 atom stereocenters. The molecule has 6 heteroatoms. The number of hydrogen-bond acceptors (Lipinski definition) is 5. The van der Waals surface area contributed by atoms with Crippen LogP contribution < -0.4 is 9.47 Å². The second kappa shape index (κ2) is 9.36. The van der Waals surface area contributed by atoms with E-state index >= 15 is 0 Å². The third kappa shape index (κ3) is 5.43. The van der Waals surface area contributed by atoms with Crippen LogP contribution in [0.2, 0.25) is 0 Å². The highest BCUT2D eigenvalue weighted by Gasteiger charge is 2.22. The smallest absolute Gasteiger partial charge is 0.165 e. The maximum absolute atomic E-state index is 13.7. The van der Waals surface area contributed by atoms with E-state index in [2.05, 4.69) is 15.9 Å². The molecule has 27 heavy (non-hydrogen) atoms. The minimum absolute atomic E-state index is 0.168. The van der Waals surface area contributed by atoms with Crippen LogP contribution in [0.4, 0.5) is 4.39 Å². The van der Waals surface area contributed by atoms with Crippen LogP contribution in [0, 0.1) is 17.1 Å². The van der Waals surface area contributed by atoms with Crippen LogP contribution in [0.3, 0.4) is 0 Å². The standard InChI is InChI=1S/C21H24FN3O2/c1-17(27-21-5-3-2-4-20(21)22)25-12-10-24(11-13-25)14-15-26-19-8-6-18(16-23)7-9-19/h2-9,17H,10-15H2,1H3. The molecular formula is C21H24FN3O2. The van der Waals surface area contributed by atoms with Gasteiger partial charge in [-0.25, -0.2) is 4.39 Å². The number of rotatable bonds is 7. The maximum Gasteiger partial charge on any atom is 0.165 e. The first kappa shape index (κ1) is 19.2. The zero-order chi connectivity index (χ0) is 19.1. The van der Waals surface area contributed by atoms with Gasteiger partial charge in [0.2, 0.25) is 0 Å². The summed E-state index contributed by atoms with van der Waals surface area (Å²) < 4.78 is 25.2. The van der Waals surface area contributed by atoms with Gasteiger partial charge >= 0.3 is 0 Å². The van der Waals surface area contributed by atoms with Gasteiger partial charge in [0, 0.05) is 32.7 Å². The predicted molar refractivity (Wildman–Crippen MR) is 101 cm³/mol. The van der Waals surface area contributed by atoms with Crippen LogP contribution in [0.5, 0.6) is 11.5 Å². The molecule has 0 amide bonds. The molecule has 2 aromatic carbocycles. The highest BCUT2D eigenvalue weighted by atomic mass is 19.1. The van der Waals surface area contributed by atoms with Crippen molar-refractivity contribution in [3.05, 3.63) is 59.9 Å². The number of hydrogen-bond donors (Lipinski definition) is 0. The second-order valence-electron chi connectivity index (χ2n) is 6.51. The van der Waals surface area contributed by atoms with E-state index in [1.165, 1.54) is 6.07 Å². The Morgan fingerprint density at radius 1 is 1.07 bits per heavy atom. The third-order valence-electron chi connectivity index (χ3n) is 4.71. The van der Waals surface area contributed by atoms with E-state index < -0.39 is 0 Å². The van der Waals surface area contributed by atoms with Crippen LogP contribution in [0.15, 0.2) is 48.5 Å². The minimum atomic E-state index is -0.331. The molecule has 0 saturated carbocycles. The average molecular weight is 369 g/mol. The quantitative estimate of drug-likeness (QED) is 0.751. The van der Waals surface area contributed by atoms with Crippen LogP contribution in [-0.4, -0.2) is 55.4 Å². The molecule has 142 valence electrons. The lowest BCUT2D eigenvalue weighted by atomic mass is 10.2. The monoisotopic (exact) mass is 369 g/mol. The molecule has 0 radical (unpaired) electrons. The zero-order valence-electron chi connectivity index (χ0n) is 15.5. The highest BCUT2D eigenvalue weighted by molar-refractivity contribution is 5.34. The summed E-state index contributed by atoms with van der Waals surface area (Å²) in [5, 5.41) is 8.80. The topological polar surface area (TPSA) is 48.7 Å². The van der Waals surface area contributed by atoms with Gasteiger partial charge in [-0.1, -0.05) is 12.1 Å². The number of para-hydroxylation sites is 1. The Kier molecular flexibility index (Phi) is 6.64. The molecule has 1 heterocycles. The summed E-state index contributed by atoms with van der Waals surface area (Å²) in [6, 6.07) is 15.7. The largest absolute Gasteiger partial charge is 0.492 e. The van der Waals surface area contributed by atoms with Crippen LogP contribution >= 0.6 is 0 Å². The summed E-state index contributed by atoms with van der Waals surface area (Å²) in [5.41, 5.74) is 0.630. The number of piperazine rings is 1. The first-order chi connectivity index (χ1) is 13.2. The molecule has 2 aromatic rings. The van der Waals surface area contributed by atoms with Gasteiger partial charge in [-0.2, -0.15) is 5.26 Å². The van der Waals surface area contributed by atoms with Crippen molar-refractivity contribution in [3.63, 3.8) is 0 Å². The molecule has 0 N–H and O–H groups in total. The molecule has 3 rings (SSSR count). The van der Waals surface area contributed by atoms with Crippen molar-refractivity contribution in [1.29, 1.82) is 5.26 Å². The summed E-state index contributed by atoms with van der Waals surface area (Å²) in [5.74, 6) is 0.741. The Morgan fingerprint density at radius 2 is 1.78 bits per heavy atom. The summed E-state index contributed by atoms with van der Waals surface area (Å²) >= 11 is 0. The van der Waals surface area contributed by atoms with Gasteiger partial charge in [0.1, 0.15) is 18.6 Å². The van der Waals surface area contributed by atoms with Crippen molar-refractivity contribution >= 4 is 0 Å². The molecule has 1 aliphatic heterocycles. The molecule has 1 saturated heterocycles. The third-order valence-corrected chi connectivity index (χ3v) is 4.71. The lowest BCUT2D eigenvalue weighted by molar-refractivity contribution is -0.000306. The molecule has 1 aliphatic rings. The highest BCUT2D eigenvalue weighted by Crippen LogP contribution is 2.19. The lowest BCUT2D eigenvalue weighted by Crippen LogP contribution is -2.51. The molecule has 1 unspecified atom stereocenters. The SMILES string of the molecule is CC(Oc1ccccc1F)N1CCN(CCOc2ccc(C#N)cc2)CC1. The predicted octanol–water partition coefficient (Wildman–Crippen LogP) is 3.12. The molecule has 0 aromatic heterocycles. The molecular weight excluding hydrogens is 345 g/mol. The van der Waals surface area contributed by atoms with Gasteiger partial charge in [0.15, 0.2) is 11.6 Å². The van der Waals surface area contributed by atoms with Gasteiger partial charge in [0.25, 0.3) is 0 Å². The fourth-order valence-electron chi connectivity index (χ4n) is 3.07. The van der Waals surface area contributed by atoms with Crippen molar-refractivity contribution in [2.45, 2.75) is 13.2 Å². The maximum atomic E-state index is 13.7. The number of halogens is 1. The Hall–Kier alpha value is -2.62. The fraction of sp³-hybridized carbons (Fsp3) is 0.381. The molecule has 1 fully saturated rings. The van der Waals surface area contributed by atoms with Gasteiger partial charge in [-0.3, -0.25) is 9.80 Å². The summed E-state index contributed by atoms with van der Waals surface area (Å²) in [4.78, 5) is 4.56. The van der Waals surface area contributed by atoms with Crippen molar-refractivity contribution in [2.24, 2.45) is 0 Å². The summed E-state index contributed by atoms with van der Waals surface area (Å²) in [6.07, 6.45) is -0.168. The van der Waals surface area contributed by atoms with E-state index in [1.54, 1.807) is 30.3 Å². The normalized spacial score (nSPS) is 16.5. The minimum Gasteiger partial charge on any atom is -0.492 e. The van der Waals surface area contributed by atoms with Crippen LogP contribution in [0.25, 0.3) is 0 Å². The molecule has 0 aliphatic carbocycles. The van der Waals surface area contributed by atoms with Gasteiger partial charge < -0.3 is 9.47 Å². The van der Waals surface area contributed by atoms with Crippen molar-refractivity contribution in [2.75, 3.05) is 39.3 Å². The Morgan fingerprint density at radius 3 is 2.44 bits per heavy atom. The zero-order valence-corrected chi connectivity index (χ0v) is 15.5. The Labute approximate surface area is 159 Å². The van der Waals surface area contributed by atoms with Gasteiger partial charge in [0.05, 0.1) is 11.6 Å². The summed E-state index contributed by atoms with van der Waals surface area (Å²) in [6.45, 7) is 6.97. The second-order valence-corrected chi connectivity index (χ2v) is 6.51. The Balaban J connectivity index is 1.38. The lowest BCUT2D eigenvalue weighted by Gasteiger charge is -2.37. The van der Waals surface area contributed by atoms with Gasteiger partial charge in [-0.15, -0.1) is 0 Å². The van der Waals surface area contributed by atoms with Crippen molar-refractivity contribution in [1.82, 2.24) is 9.80 Å². The number of nitriles is 1. The molecule has 0 spiro atoms.